The summed E-state index contributed by atoms with van der Waals surface area (Å²) in [5, 5.41) is 2.98. The molecule has 0 bridgehead atoms. The van der Waals surface area contributed by atoms with E-state index in [1.165, 1.54) is 18.5 Å². The smallest absolute Gasteiger partial charge is 0.257 e. The van der Waals surface area contributed by atoms with E-state index in [1.807, 2.05) is 36.4 Å². The largest absolute Gasteiger partial charge is 0.372 e. The molecule has 1 amide bonds. The molecular weight excluding hydrogens is 360 g/mol. The Labute approximate surface area is 172 Å². The molecule has 2 aromatic carbocycles. The van der Waals surface area contributed by atoms with Crippen molar-refractivity contribution in [3.05, 3.63) is 78.6 Å². The molecule has 2 heterocycles. The third kappa shape index (κ3) is 4.40. The third-order valence-corrected chi connectivity index (χ3v) is 5.28. The Kier molecular flexibility index (Phi) is 5.75. The first-order valence-electron chi connectivity index (χ1n) is 10.2. The average molecular weight is 386 g/mol. The molecule has 0 radical (unpaired) electrons. The van der Waals surface area contributed by atoms with Gasteiger partial charge in [0.15, 0.2) is 0 Å². The van der Waals surface area contributed by atoms with Gasteiger partial charge in [0, 0.05) is 42.9 Å². The van der Waals surface area contributed by atoms with Gasteiger partial charge < -0.3 is 15.1 Å². The molecule has 5 heteroatoms. The maximum Gasteiger partial charge on any atom is 0.257 e. The number of benzene rings is 2. The summed E-state index contributed by atoms with van der Waals surface area (Å²) in [4.78, 5) is 21.6. The van der Waals surface area contributed by atoms with E-state index in [0.717, 1.165) is 36.7 Å². The number of nitrogens with one attached hydrogen (secondary N) is 1. The van der Waals surface area contributed by atoms with Crippen molar-refractivity contribution in [1.29, 1.82) is 0 Å². The topological polar surface area (TPSA) is 48.5 Å². The highest BCUT2D eigenvalue weighted by molar-refractivity contribution is 6.04. The van der Waals surface area contributed by atoms with E-state index < -0.39 is 0 Å². The second kappa shape index (κ2) is 8.78. The Hall–Kier alpha value is -3.34. The van der Waals surface area contributed by atoms with E-state index in [4.69, 9.17) is 0 Å². The summed E-state index contributed by atoms with van der Waals surface area (Å²) >= 11 is 0. The van der Waals surface area contributed by atoms with Crippen molar-refractivity contribution < 1.29 is 4.79 Å². The minimum Gasteiger partial charge on any atom is -0.372 e. The van der Waals surface area contributed by atoms with Gasteiger partial charge >= 0.3 is 0 Å². The molecule has 0 unspecified atom stereocenters. The van der Waals surface area contributed by atoms with Gasteiger partial charge in [0.1, 0.15) is 0 Å². The van der Waals surface area contributed by atoms with Crippen molar-refractivity contribution in [3.63, 3.8) is 0 Å². The summed E-state index contributed by atoms with van der Waals surface area (Å²) in [6.07, 6.45) is 5.90. The molecule has 0 aliphatic carbocycles. The fraction of sp³-hybridized carbons (Fsp3) is 0.250. The molecule has 1 aliphatic rings. The molecular formula is C24H26N4O. The Morgan fingerprint density at radius 1 is 1.00 bits per heavy atom. The van der Waals surface area contributed by atoms with Crippen molar-refractivity contribution >= 4 is 28.7 Å². The van der Waals surface area contributed by atoms with E-state index in [-0.39, 0.29) is 5.91 Å². The fourth-order valence-electron chi connectivity index (χ4n) is 3.76. The van der Waals surface area contributed by atoms with Gasteiger partial charge in [-0.15, -0.1) is 0 Å². The predicted molar refractivity (Wildman–Crippen MR) is 119 cm³/mol. The SMILES string of the molecule is CCN(c1ccccc1)c1cncc(C(=O)Nc2ccc(N3CCCC3)cc2)c1. The number of anilines is 4. The van der Waals surface area contributed by atoms with Gasteiger partial charge in [-0.05, 0) is 62.2 Å². The van der Waals surface area contributed by atoms with Gasteiger partial charge in [-0.1, -0.05) is 18.2 Å². The van der Waals surface area contributed by atoms with Crippen molar-refractivity contribution in [2.75, 3.05) is 34.8 Å². The molecule has 148 valence electrons. The molecule has 1 N–H and O–H groups in total. The molecule has 4 rings (SSSR count). The number of nitrogens with zero attached hydrogens (tertiary/aromatic N) is 3. The van der Waals surface area contributed by atoms with Gasteiger partial charge in [-0.2, -0.15) is 0 Å². The zero-order valence-corrected chi connectivity index (χ0v) is 16.7. The Morgan fingerprint density at radius 2 is 1.72 bits per heavy atom. The van der Waals surface area contributed by atoms with Crippen LogP contribution in [0.4, 0.5) is 22.7 Å². The summed E-state index contributed by atoms with van der Waals surface area (Å²) in [6.45, 7) is 5.09. The van der Waals surface area contributed by atoms with Crippen LogP contribution in [0.15, 0.2) is 73.1 Å². The van der Waals surface area contributed by atoms with Crippen molar-refractivity contribution in [3.8, 4) is 0 Å². The van der Waals surface area contributed by atoms with E-state index in [9.17, 15) is 4.79 Å². The molecule has 1 saturated heterocycles. The van der Waals surface area contributed by atoms with Crippen molar-refractivity contribution in [2.24, 2.45) is 0 Å². The third-order valence-electron chi connectivity index (χ3n) is 5.28. The standard InChI is InChI=1S/C24H26N4O/c1-2-28(22-8-4-3-5-9-22)23-16-19(17-25-18-23)24(29)26-20-10-12-21(13-11-20)27-14-6-7-15-27/h3-5,8-13,16-18H,2,6-7,14-15H2,1H3,(H,26,29). The zero-order valence-electron chi connectivity index (χ0n) is 16.7. The fourth-order valence-corrected chi connectivity index (χ4v) is 3.76. The number of para-hydroxylation sites is 1. The minimum atomic E-state index is -0.155. The van der Waals surface area contributed by atoms with Crippen LogP contribution < -0.4 is 15.1 Å². The average Bonchev–Trinajstić information content (AvgIpc) is 3.31. The molecule has 0 atom stereocenters. The lowest BCUT2D eigenvalue weighted by molar-refractivity contribution is 0.102. The summed E-state index contributed by atoms with van der Waals surface area (Å²) in [5.74, 6) is -0.155. The van der Waals surface area contributed by atoms with Crippen LogP contribution in [0.25, 0.3) is 0 Å². The lowest BCUT2D eigenvalue weighted by Gasteiger charge is -2.23. The van der Waals surface area contributed by atoms with Crippen LogP contribution in [-0.4, -0.2) is 30.5 Å². The first kappa shape index (κ1) is 19.0. The Balaban J connectivity index is 1.48. The summed E-state index contributed by atoms with van der Waals surface area (Å²) < 4.78 is 0. The molecule has 0 saturated carbocycles. The van der Waals surface area contributed by atoms with Crippen molar-refractivity contribution in [1.82, 2.24) is 4.98 Å². The molecule has 1 aliphatic heterocycles. The highest BCUT2D eigenvalue weighted by Crippen LogP contribution is 2.26. The van der Waals surface area contributed by atoms with Crippen LogP contribution in [0.1, 0.15) is 30.1 Å². The van der Waals surface area contributed by atoms with Crippen LogP contribution in [0.3, 0.4) is 0 Å². The number of pyridine rings is 1. The van der Waals surface area contributed by atoms with Crippen molar-refractivity contribution in [2.45, 2.75) is 19.8 Å². The van der Waals surface area contributed by atoms with Crippen LogP contribution in [-0.2, 0) is 0 Å². The highest BCUT2D eigenvalue weighted by Gasteiger charge is 2.14. The summed E-state index contributed by atoms with van der Waals surface area (Å²) in [5.41, 5.74) is 4.52. The molecule has 5 nitrogen and oxygen atoms in total. The van der Waals surface area contributed by atoms with Gasteiger partial charge in [-0.25, -0.2) is 0 Å². The van der Waals surface area contributed by atoms with E-state index >= 15 is 0 Å². The maximum atomic E-state index is 12.8. The molecule has 1 aromatic heterocycles. The number of hydrogen-bond acceptors (Lipinski definition) is 4. The maximum absolute atomic E-state index is 12.8. The molecule has 29 heavy (non-hydrogen) atoms. The lowest BCUT2D eigenvalue weighted by Crippen LogP contribution is -2.18. The van der Waals surface area contributed by atoms with E-state index in [0.29, 0.717) is 5.56 Å². The zero-order chi connectivity index (χ0) is 20.1. The number of hydrogen-bond donors (Lipinski definition) is 1. The Morgan fingerprint density at radius 3 is 2.41 bits per heavy atom. The second-order valence-electron chi connectivity index (χ2n) is 7.21. The molecule has 3 aromatic rings. The first-order valence-corrected chi connectivity index (χ1v) is 10.2. The van der Waals surface area contributed by atoms with E-state index in [2.05, 4.69) is 51.3 Å². The van der Waals surface area contributed by atoms with Crippen LogP contribution >= 0.6 is 0 Å². The molecule has 0 spiro atoms. The van der Waals surface area contributed by atoms with Crippen LogP contribution in [0.2, 0.25) is 0 Å². The predicted octanol–water partition coefficient (Wildman–Crippen LogP) is 5.09. The van der Waals surface area contributed by atoms with Gasteiger partial charge in [0.2, 0.25) is 0 Å². The minimum absolute atomic E-state index is 0.155. The van der Waals surface area contributed by atoms with Crippen LogP contribution in [0, 0.1) is 0 Å². The number of carbonyl (C=O) groups excluding carboxylic acids is 1. The number of amides is 1. The highest BCUT2D eigenvalue weighted by atomic mass is 16.1. The molecule has 1 fully saturated rings. The van der Waals surface area contributed by atoms with E-state index in [1.54, 1.807) is 12.4 Å². The number of carbonyl (C=O) groups is 1. The van der Waals surface area contributed by atoms with Gasteiger partial charge in [0.25, 0.3) is 5.91 Å². The number of aromatic nitrogens is 1. The van der Waals surface area contributed by atoms with Gasteiger partial charge in [0.05, 0.1) is 17.4 Å². The summed E-state index contributed by atoms with van der Waals surface area (Å²) in [6, 6.07) is 20.1. The lowest BCUT2D eigenvalue weighted by atomic mass is 10.2. The van der Waals surface area contributed by atoms with Crippen LogP contribution in [0.5, 0.6) is 0 Å². The quantitative estimate of drug-likeness (QED) is 0.641. The first-order chi connectivity index (χ1) is 14.2. The second-order valence-corrected chi connectivity index (χ2v) is 7.21. The number of rotatable bonds is 6. The Bertz CT molecular complexity index is 950. The monoisotopic (exact) mass is 386 g/mol. The summed E-state index contributed by atoms with van der Waals surface area (Å²) in [7, 11) is 0. The van der Waals surface area contributed by atoms with Gasteiger partial charge in [-0.3, -0.25) is 9.78 Å². The normalized spacial score (nSPS) is 13.3.